The molecule has 7 heteroatoms. The second-order valence-corrected chi connectivity index (χ2v) is 15.1. The summed E-state index contributed by atoms with van der Waals surface area (Å²) in [6.07, 6.45) is 0. The van der Waals surface area contributed by atoms with Crippen LogP contribution in [0.15, 0.2) is 164 Å². The molecule has 4 heterocycles. The molecule has 0 saturated heterocycles. The maximum Gasteiger partial charge on any atom is 0.240 e. The molecule has 0 atom stereocenters. The highest BCUT2D eigenvalue weighted by atomic mass is 32.1. The molecule has 11 aromatic rings. The van der Waals surface area contributed by atoms with Gasteiger partial charge in [-0.1, -0.05) is 103 Å². The molecule has 4 aromatic heterocycles. The van der Waals surface area contributed by atoms with E-state index in [4.69, 9.17) is 15.0 Å². The maximum absolute atomic E-state index is 5.39. The third-order valence-corrected chi connectivity index (χ3v) is 12.2. The van der Waals surface area contributed by atoms with Crippen molar-refractivity contribution in [2.75, 3.05) is 4.90 Å². The fourth-order valence-electron chi connectivity index (χ4n) is 7.49. The molecule has 52 heavy (non-hydrogen) atoms. The van der Waals surface area contributed by atoms with Crippen molar-refractivity contribution in [1.29, 1.82) is 0 Å². The van der Waals surface area contributed by atoms with Crippen molar-refractivity contribution in [3.05, 3.63) is 164 Å². The fraction of sp³-hybridized carbons (Fsp3) is 0. The predicted molar refractivity (Wildman–Crippen MR) is 220 cm³/mol. The third kappa shape index (κ3) is 4.57. The van der Waals surface area contributed by atoms with Crippen LogP contribution in [0.5, 0.6) is 0 Å². The van der Waals surface area contributed by atoms with E-state index in [0.717, 1.165) is 38.7 Å². The SMILES string of the molecule is c1ccc(-c2nc(N(c3ccc4sc5ccccc5c4c3)c3ccc4sc5ccccc5c4c3)nc(-n3c4ccccc4c4ccccc43)n2)cc1. The molecule has 11 rings (SSSR count). The Morgan fingerprint density at radius 1 is 0.404 bits per heavy atom. The predicted octanol–water partition coefficient (Wildman–Crippen LogP) is 12.8. The van der Waals surface area contributed by atoms with E-state index in [1.165, 1.54) is 40.3 Å². The van der Waals surface area contributed by atoms with Crippen molar-refractivity contribution in [3.8, 4) is 17.3 Å². The molecule has 0 amide bonds. The monoisotopic (exact) mass is 701 g/mol. The number of para-hydroxylation sites is 2. The molecule has 0 unspecified atom stereocenters. The molecule has 0 saturated carbocycles. The lowest BCUT2D eigenvalue weighted by atomic mass is 10.1. The van der Waals surface area contributed by atoms with E-state index >= 15 is 0 Å². The third-order valence-electron chi connectivity index (χ3n) is 9.86. The van der Waals surface area contributed by atoms with Crippen molar-refractivity contribution < 1.29 is 0 Å². The van der Waals surface area contributed by atoms with E-state index in [-0.39, 0.29) is 0 Å². The average molecular weight is 702 g/mol. The first-order valence-electron chi connectivity index (χ1n) is 17.2. The molecular weight excluding hydrogens is 675 g/mol. The maximum atomic E-state index is 5.39. The summed E-state index contributed by atoms with van der Waals surface area (Å²) in [6.45, 7) is 0. The van der Waals surface area contributed by atoms with Crippen LogP contribution in [0.4, 0.5) is 17.3 Å². The molecule has 0 aliphatic heterocycles. The molecule has 0 fully saturated rings. The summed E-state index contributed by atoms with van der Waals surface area (Å²) in [4.78, 5) is 18.1. The van der Waals surface area contributed by atoms with Crippen LogP contribution >= 0.6 is 22.7 Å². The molecular formula is C45H27N5S2. The zero-order valence-electron chi connectivity index (χ0n) is 27.6. The van der Waals surface area contributed by atoms with Gasteiger partial charge in [0.25, 0.3) is 0 Å². The highest BCUT2D eigenvalue weighted by molar-refractivity contribution is 7.26. The van der Waals surface area contributed by atoms with Gasteiger partial charge in [-0.15, -0.1) is 22.7 Å². The Labute approximate surface area is 306 Å². The molecule has 0 radical (unpaired) electrons. The van der Waals surface area contributed by atoms with Gasteiger partial charge in [-0.2, -0.15) is 15.0 Å². The number of aromatic nitrogens is 4. The van der Waals surface area contributed by atoms with E-state index in [1.807, 2.05) is 40.9 Å². The second kappa shape index (κ2) is 11.6. The quantitative estimate of drug-likeness (QED) is 0.179. The first-order chi connectivity index (χ1) is 25.8. The molecule has 244 valence electrons. The number of fused-ring (bicyclic) bond motifs is 9. The zero-order chi connectivity index (χ0) is 34.2. The summed E-state index contributed by atoms with van der Waals surface area (Å²) in [5.41, 5.74) is 4.97. The van der Waals surface area contributed by atoms with Crippen LogP contribution in [0, 0.1) is 0 Å². The van der Waals surface area contributed by atoms with Crippen LogP contribution in [0.3, 0.4) is 0 Å². The first kappa shape index (κ1) is 29.3. The van der Waals surface area contributed by atoms with Gasteiger partial charge in [-0.05, 0) is 60.7 Å². The van der Waals surface area contributed by atoms with Gasteiger partial charge < -0.3 is 0 Å². The Morgan fingerprint density at radius 2 is 0.885 bits per heavy atom. The zero-order valence-corrected chi connectivity index (χ0v) is 29.3. The highest BCUT2D eigenvalue weighted by Gasteiger charge is 2.23. The van der Waals surface area contributed by atoms with Gasteiger partial charge in [0, 0.05) is 68.1 Å². The Bertz CT molecular complexity index is 2990. The summed E-state index contributed by atoms with van der Waals surface area (Å²) in [6, 6.07) is 57.8. The molecule has 0 bridgehead atoms. The second-order valence-electron chi connectivity index (χ2n) is 12.9. The summed E-state index contributed by atoms with van der Waals surface area (Å²) < 4.78 is 7.21. The smallest absolute Gasteiger partial charge is 0.240 e. The number of benzene rings is 7. The van der Waals surface area contributed by atoms with Crippen LogP contribution in [-0.2, 0) is 0 Å². The minimum atomic E-state index is 0.545. The van der Waals surface area contributed by atoms with Crippen molar-refractivity contribution in [1.82, 2.24) is 19.5 Å². The number of hydrogen-bond acceptors (Lipinski definition) is 6. The minimum Gasteiger partial charge on any atom is -0.279 e. The van der Waals surface area contributed by atoms with Gasteiger partial charge in [0.1, 0.15) is 0 Å². The number of nitrogens with zero attached hydrogens (tertiary/aromatic N) is 5. The van der Waals surface area contributed by atoms with Crippen LogP contribution in [0.25, 0.3) is 79.5 Å². The lowest BCUT2D eigenvalue weighted by molar-refractivity contribution is 0.933. The van der Waals surface area contributed by atoms with E-state index in [1.54, 1.807) is 0 Å². The number of hydrogen-bond donors (Lipinski definition) is 0. The molecule has 5 nitrogen and oxygen atoms in total. The summed E-state index contributed by atoms with van der Waals surface area (Å²) >= 11 is 3.64. The Balaban J connectivity index is 1.22. The van der Waals surface area contributed by atoms with Gasteiger partial charge in [0.05, 0.1) is 11.0 Å². The normalized spacial score (nSPS) is 11.8. The Morgan fingerprint density at radius 3 is 1.46 bits per heavy atom. The molecule has 0 spiro atoms. The lowest BCUT2D eigenvalue weighted by Crippen LogP contribution is -2.16. The average Bonchev–Trinajstić information content (AvgIpc) is 3.88. The van der Waals surface area contributed by atoms with Gasteiger partial charge in [-0.25, -0.2) is 0 Å². The van der Waals surface area contributed by atoms with Crippen molar-refractivity contribution in [2.45, 2.75) is 0 Å². The van der Waals surface area contributed by atoms with Gasteiger partial charge in [-0.3, -0.25) is 9.47 Å². The van der Waals surface area contributed by atoms with Gasteiger partial charge >= 0.3 is 0 Å². The van der Waals surface area contributed by atoms with E-state index < -0.39 is 0 Å². The van der Waals surface area contributed by atoms with Crippen LogP contribution in [-0.4, -0.2) is 19.5 Å². The number of rotatable bonds is 5. The summed E-state index contributed by atoms with van der Waals surface area (Å²) in [7, 11) is 0. The van der Waals surface area contributed by atoms with Crippen molar-refractivity contribution >= 4 is 102 Å². The van der Waals surface area contributed by atoms with Crippen molar-refractivity contribution in [2.24, 2.45) is 0 Å². The molecule has 0 aliphatic carbocycles. The number of thiophene rings is 2. The lowest BCUT2D eigenvalue weighted by Gasteiger charge is -2.24. The molecule has 7 aromatic carbocycles. The minimum absolute atomic E-state index is 0.545. The largest absolute Gasteiger partial charge is 0.279 e. The standard InChI is InChI=1S/C45H27N5S2/c1-2-12-28(13-3-1)43-46-44(48-45(47-43)50-37-18-8-4-14-31(37)32-15-5-9-19-38(32)50)49(29-22-24-41-35(26-29)33-16-6-10-20-39(33)51-41)30-23-25-42-36(27-30)34-17-7-11-21-40(34)52-42/h1-27H. The van der Waals surface area contributed by atoms with E-state index in [2.05, 4.69) is 155 Å². The molecule has 0 N–H and O–H groups in total. The topological polar surface area (TPSA) is 46.8 Å². The fourth-order valence-corrected chi connectivity index (χ4v) is 9.67. The van der Waals surface area contributed by atoms with Gasteiger partial charge in [0.2, 0.25) is 11.9 Å². The first-order valence-corrected chi connectivity index (χ1v) is 18.8. The molecule has 0 aliphatic rings. The number of anilines is 3. The van der Waals surface area contributed by atoms with Gasteiger partial charge in [0.15, 0.2) is 5.82 Å². The van der Waals surface area contributed by atoms with E-state index in [0.29, 0.717) is 17.7 Å². The van der Waals surface area contributed by atoms with Crippen LogP contribution < -0.4 is 4.90 Å². The summed E-state index contributed by atoms with van der Waals surface area (Å²) in [5, 5.41) is 7.23. The Hall–Kier alpha value is -6.41. The van der Waals surface area contributed by atoms with E-state index in [9.17, 15) is 0 Å². The van der Waals surface area contributed by atoms with Crippen molar-refractivity contribution in [3.63, 3.8) is 0 Å². The van der Waals surface area contributed by atoms with Crippen LogP contribution in [0.1, 0.15) is 0 Å². The Kier molecular flexibility index (Phi) is 6.52. The highest BCUT2D eigenvalue weighted by Crippen LogP contribution is 2.43. The summed E-state index contributed by atoms with van der Waals surface area (Å²) in [5.74, 6) is 1.72. The van der Waals surface area contributed by atoms with Crippen LogP contribution in [0.2, 0.25) is 0 Å².